The lowest BCUT2D eigenvalue weighted by Gasteiger charge is -2.12. The fraction of sp³-hybridized carbons (Fsp3) is 0.158. The highest BCUT2D eigenvalue weighted by Crippen LogP contribution is 2.37. The summed E-state index contributed by atoms with van der Waals surface area (Å²) in [6, 6.07) is 6.12. The number of oxime groups is 1. The summed E-state index contributed by atoms with van der Waals surface area (Å²) in [5, 5.41) is 5.31. The summed E-state index contributed by atoms with van der Waals surface area (Å²) in [7, 11) is -4.68. The highest BCUT2D eigenvalue weighted by molar-refractivity contribution is 7.86. The molecule has 3 aromatic rings. The van der Waals surface area contributed by atoms with Gasteiger partial charge in [0.2, 0.25) is 0 Å². The van der Waals surface area contributed by atoms with E-state index in [4.69, 9.17) is 23.2 Å². The molecule has 3 rings (SSSR count). The molecule has 0 aliphatic heterocycles. The maximum absolute atomic E-state index is 13.6. The van der Waals surface area contributed by atoms with Crippen LogP contribution in [0.25, 0.3) is 5.69 Å². The minimum atomic E-state index is -5.19. The molecule has 182 valence electrons. The molecule has 34 heavy (non-hydrogen) atoms. The van der Waals surface area contributed by atoms with Gasteiger partial charge in [-0.3, -0.25) is 4.28 Å². The largest absolute Gasteiger partial charge is 0.437 e. The average molecular weight is 546 g/mol. The van der Waals surface area contributed by atoms with Gasteiger partial charge in [-0.05, 0) is 31.2 Å². The van der Waals surface area contributed by atoms with Crippen molar-refractivity contribution in [2.24, 2.45) is 5.16 Å². The van der Waals surface area contributed by atoms with Crippen LogP contribution in [0.2, 0.25) is 10.0 Å². The van der Waals surface area contributed by atoms with Crippen molar-refractivity contribution in [3.05, 3.63) is 75.5 Å². The molecule has 0 spiro atoms. The first-order valence-corrected chi connectivity index (χ1v) is 11.0. The van der Waals surface area contributed by atoms with Crippen molar-refractivity contribution in [1.82, 2.24) is 9.78 Å². The molecule has 0 fully saturated rings. The first kappa shape index (κ1) is 25.8. The van der Waals surface area contributed by atoms with E-state index in [0.29, 0.717) is 34.8 Å². The zero-order valence-corrected chi connectivity index (χ0v) is 18.9. The second kappa shape index (κ2) is 9.12. The van der Waals surface area contributed by atoms with Crippen molar-refractivity contribution in [2.75, 3.05) is 0 Å². The number of nitrogens with zero attached hydrogens (tertiary/aromatic N) is 3. The van der Waals surface area contributed by atoms with Gasteiger partial charge in [-0.25, -0.2) is 4.68 Å². The van der Waals surface area contributed by atoms with E-state index in [2.05, 4.69) is 14.5 Å². The summed E-state index contributed by atoms with van der Waals surface area (Å²) >= 11 is 11.7. The summed E-state index contributed by atoms with van der Waals surface area (Å²) < 4.78 is 109. The summed E-state index contributed by atoms with van der Waals surface area (Å²) in [6.45, 7) is 1.67. The summed E-state index contributed by atoms with van der Waals surface area (Å²) in [4.78, 5) is -0.428. The van der Waals surface area contributed by atoms with Gasteiger partial charge in [0.25, 0.3) is 0 Å². The van der Waals surface area contributed by atoms with E-state index in [-0.39, 0.29) is 5.69 Å². The van der Waals surface area contributed by atoms with Gasteiger partial charge in [0.1, 0.15) is 10.6 Å². The molecular weight excluding hydrogens is 535 g/mol. The number of benzene rings is 2. The molecule has 1 heterocycles. The Labute approximate surface area is 198 Å². The minimum Gasteiger partial charge on any atom is -0.264 e. The summed E-state index contributed by atoms with van der Waals surface area (Å²) in [5.74, 6) is 0. The number of halogens is 8. The van der Waals surface area contributed by atoms with Crippen LogP contribution in [0.3, 0.4) is 0 Å². The zero-order chi connectivity index (χ0) is 25.5. The molecule has 0 saturated carbocycles. The highest BCUT2D eigenvalue weighted by Gasteiger charge is 2.40. The molecule has 2 aromatic carbocycles. The molecule has 0 radical (unpaired) electrons. The lowest BCUT2D eigenvalue weighted by molar-refractivity contribution is -0.137. The van der Waals surface area contributed by atoms with Crippen LogP contribution >= 0.6 is 23.2 Å². The molecule has 0 amide bonds. The van der Waals surface area contributed by atoms with E-state index in [1.54, 1.807) is 6.92 Å². The van der Waals surface area contributed by atoms with Crippen molar-refractivity contribution >= 4 is 39.0 Å². The molecule has 15 heteroatoms. The Balaban J connectivity index is 2.00. The van der Waals surface area contributed by atoms with Crippen LogP contribution in [0.1, 0.15) is 16.7 Å². The Morgan fingerprint density at radius 3 is 2.09 bits per heavy atom. The van der Waals surface area contributed by atoms with E-state index in [0.717, 1.165) is 12.1 Å². The predicted molar refractivity (Wildman–Crippen MR) is 111 cm³/mol. The lowest BCUT2D eigenvalue weighted by atomic mass is 10.2. The van der Waals surface area contributed by atoms with Gasteiger partial charge in [0.05, 0.1) is 21.8 Å². The number of hydrogen-bond donors (Lipinski definition) is 0. The SMILES string of the molecule is Cc1ccc(S(=O)(=O)O/N=C(/c2cnn(-c3c(Cl)cc(C(F)(F)F)cc3Cl)c2)C(F)(F)F)cc1. The zero-order valence-electron chi connectivity index (χ0n) is 16.6. The molecule has 0 saturated heterocycles. The second-order valence-corrected chi connectivity index (χ2v) is 9.08. The van der Waals surface area contributed by atoms with Gasteiger partial charge in [-0.2, -0.15) is 39.9 Å². The topological polar surface area (TPSA) is 73.6 Å². The van der Waals surface area contributed by atoms with Crippen LogP contribution < -0.4 is 0 Å². The van der Waals surface area contributed by atoms with Crippen LogP contribution in [0.4, 0.5) is 26.3 Å². The van der Waals surface area contributed by atoms with E-state index in [9.17, 15) is 34.8 Å². The van der Waals surface area contributed by atoms with Crippen LogP contribution in [0.15, 0.2) is 58.8 Å². The quantitative estimate of drug-likeness (QED) is 0.218. The smallest absolute Gasteiger partial charge is 0.264 e. The average Bonchev–Trinajstić information content (AvgIpc) is 3.15. The van der Waals surface area contributed by atoms with Crippen LogP contribution in [0, 0.1) is 6.92 Å². The first-order chi connectivity index (χ1) is 15.6. The Morgan fingerprint density at radius 1 is 1.03 bits per heavy atom. The van der Waals surface area contributed by atoms with Crippen molar-refractivity contribution in [3.63, 3.8) is 0 Å². The Bertz CT molecular complexity index is 1330. The van der Waals surface area contributed by atoms with Gasteiger partial charge in [-0.15, -0.1) is 0 Å². The molecule has 0 aliphatic rings. The fourth-order valence-corrected chi connectivity index (χ4v) is 4.01. The lowest BCUT2D eigenvalue weighted by Crippen LogP contribution is -2.24. The maximum atomic E-state index is 13.6. The second-order valence-electron chi connectivity index (χ2n) is 6.74. The molecule has 1 aromatic heterocycles. The number of alkyl halides is 6. The summed E-state index contributed by atoms with van der Waals surface area (Å²) in [6.07, 6.45) is -8.62. The third-order valence-electron chi connectivity index (χ3n) is 4.23. The van der Waals surface area contributed by atoms with E-state index < -0.39 is 54.3 Å². The van der Waals surface area contributed by atoms with Crippen molar-refractivity contribution < 1.29 is 39.0 Å². The number of rotatable bonds is 5. The molecule has 0 N–H and O–H groups in total. The normalized spacial score (nSPS) is 13.3. The molecular formula is C19H11Cl2F6N3O3S. The van der Waals surface area contributed by atoms with Crippen molar-refractivity contribution in [2.45, 2.75) is 24.2 Å². The maximum Gasteiger partial charge on any atom is 0.437 e. The van der Waals surface area contributed by atoms with Gasteiger partial charge < -0.3 is 0 Å². The number of aromatic nitrogens is 2. The Kier molecular flexibility index (Phi) is 6.93. The van der Waals surface area contributed by atoms with E-state index in [1.165, 1.54) is 12.1 Å². The van der Waals surface area contributed by atoms with Crippen LogP contribution in [-0.4, -0.2) is 30.1 Å². The van der Waals surface area contributed by atoms with E-state index in [1.807, 2.05) is 0 Å². The predicted octanol–water partition coefficient (Wildman–Crippen LogP) is 6.18. The van der Waals surface area contributed by atoms with Crippen LogP contribution in [0.5, 0.6) is 0 Å². The number of aryl methyl sites for hydroxylation is 1. The highest BCUT2D eigenvalue weighted by atomic mass is 35.5. The molecule has 0 aliphatic carbocycles. The third-order valence-corrected chi connectivity index (χ3v) is 5.93. The Hall–Kier alpha value is -2.77. The molecule has 6 nitrogen and oxygen atoms in total. The third kappa shape index (κ3) is 5.65. The Morgan fingerprint density at radius 2 is 1.59 bits per heavy atom. The minimum absolute atomic E-state index is 0.336. The fourth-order valence-electron chi connectivity index (χ4n) is 2.62. The molecule has 0 bridgehead atoms. The molecule has 0 unspecified atom stereocenters. The summed E-state index contributed by atoms with van der Waals surface area (Å²) in [5.41, 5.74) is -3.35. The standard InChI is InChI=1S/C19H11Cl2F6N3O3S/c1-10-2-4-13(5-3-10)34(31,32)33-29-17(19(25,26)27)11-8-28-30(9-11)16-14(20)6-12(7-15(16)21)18(22,23)24/h2-9H,1H3/b29-17-. The monoisotopic (exact) mass is 545 g/mol. The van der Waals surface area contributed by atoms with Crippen molar-refractivity contribution in [3.8, 4) is 5.69 Å². The van der Waals surface area contributed by atoms with Crippen molar-refractivity contribution in [1.29, 1.82) is 0 Å². The van der Waals surface area contributed by atoms with Gasteiger partial charge in [0, 0.05) is 11.8 Å². The molecule has 0 atom stereocenters. The van der Waals surface area contributed by atoms with E-state index >= 15 is 0 Å². The number of hydrogen-bond acceptors (Lipinski definition) is 5. The van der Waals surface area contributed by atoms with Gasteiger partial charge in [-0.1, -0.05) is 46.1 Å². The van der Waals surface area contributed by atoms with Gasteiger partial charge in [0.15, 0.2) is 5.71 Å². The van der Waals surface area contributed by atoms with Gasteiger partial charge >= 0.3 is 22.5 Å². The van der Waals surface area contributed by atoms with Crippen LogP contribution in [-0.2, 0) is 20.6 Å². The first-order valence-electron chi connectivity index (χ1n) is 8.87.